The van der Waals surface area contributed by atoms with E-state index in [0.29, 0.717) is 5.56 Å². The van der Waals surface area contributed by atoms with E-state index in [-0.39, 0.29) is 32.1 Å². The predicted octanol–water partition coefficient (Wildman–Crippen LogP) is 2.98. The monoisotopic (exact) mass is 413 g/mol. The summed E-state index contributed by atoms with van der Waals surface area (Å²) in [7, 11) is 1.19. The Hall–Kier alpha value is -4.04. The van der Waals surface area contributed by atoms with E-state index in [0.717, 1.165) is 17.4 Å². The Balaban J connectivity index is 2.03. The number of thiophene rings is 1. The molecule has 0 radical (unpaired) electrons. The first-order chi connectivity index (χ1) is 13.8. The van der Waals surface area contributed by atoms with Gasteiger partial charge in [-0.15, -0.1) is 11.3 Å². The van der Waals surface area contributed by atoms with Crippen molar-refractivity contribution in [2.45, 2.75) is 6.92 Å². The molecule has 10 nitrogen and oxygen atoms in total. The number of nitro benzene ring substituents is 1. The van der Waals surface area contributed by atoms with Gasteiger partial charge in [-0.25, -0.2) is 9.59 Å². The molecule has 0 saturated heterocycles. The van der Waals surface area contributed by atoms with Crippen LogP contribution in [-0.4, -0.2) is 23.9 Å². The van der Waals surface area contributed by atoms with Crippen LogP contribution >= 0.6 is 11.3 Å². The number of non-ortho nitro benzene ring substituents is 1. The number of nitrogens with zero attached hydrogens (tertiary/aromatic N) is 2. The number of carbonyl (C=O) groups excluding carboxylic acids is 2. The first kappa shape index (κ1) is 19.7. The third-order valence-corrected chi connectivity index (χ3v) is 5.21. The van der Waals surface area contributed by atoms with Crippen molar-refractivity contribution in [3.63, 3.8) is 0 Å². The number of anilines is 1. The van der Waals surface area contributed by atoms with Crippen LogP contribution in [0.4, 0.5) is 10.7 Å². The average molecular weight is 413 g/mol. The van der Waals surface area contributed by atoms with Gasteiger partial charge in [0, 0.05) is 17.5 Å². The number of amides is 1. The molecule has 3 rings (SSSR count). The first-order valence-corrected chi connectivity index (χ1v) is 8.74. The van der Waals surface area contributed by atoms with Crippen molar-refractivity contribution < 1.29 is 23.7 Å². The molecule has 0 aliphatic heterocycles. The SMILES string of the molecule is COC(=O)c1sc(NC(=O)c2cc3cc([N+](=O)[O-])ccc3oc2=O)c(C#N)c1C. The molecule has 1 aromatic carbocycles. The lowest BCUT2D eigenvalue weighted by Gasteiger charge is -2.04. The van der Waals surface area contributed by atoms with E-state index in [1.165, 1.54) is 32.2 Å². The lowest BCUT2D eigenvalue weighted by molar-refractivity contribution is -0.384. The molecule has 11 heteroatoms. The summed E-state index contributed by atoms with van der Waals surface area (Å²) in [4.78, 5) is 47.0. The van der Waals surface area contributed by atoms with Gasteiger partial charge >= 0.3 is 11.6 Å². The van der Waals surface area contributed by atoms with Gasteiger partial charge in [-0.05, 0) is 24.6 Å². The van der Waals surface area contributed by atoms with E-state index >= 15 is 0 Å². The zero-order chi connectivity index (χ0) is 21.3. The quantitative estimate of drug-likeness (QED) is 0.296. The van der Waals surface area contributed by atoms with E-state index in [4.69, 9.17) is 4.42 Å². The fourth-order valence-electron chi connectivity index (χ4n) is 2.58. The minimum atomic E-state index is -0.955. The molecule has 0 aliphatic carbocycles. The minimum absolute atomic E-state index is 0.0598. The summed E-state index contributed by atoms with van der Waals surface area (Å²) in [5.74, 6) is -1.55. The number of ether oxygens (including phenoxy) is 1. The maximum absolute atomic E-state index is 12.6. The smallest absolute Gasteiger partial charge is 0.349 e. The van der Waals surface area contributed by atoms with Crippen molar-refractivity contribution in [1.29, 1.82) is 5.26 Å². The van der Waals surface area contributed by atoms with Gasteiger partial charge in [0.2, 0.25) is 0 Å². The molecule has 0 spiro atoms. The molecular formula is C18H11N3O7S. The third kappa shape index (κ3) is 3.56. The molecule has 146 valence electrons. The van der Waals surface area contributed by atoms with Gasteiger partial charge in [-0.1, -0.05) is 0 Å². The molecule has 0 saturated carbocycles. The van der Waals surface area contributed by atoms with E-state index in [2.05, 4.69) is 10.1 Å². The zero-order valence-electron chi connectivity index (χ0n) is 15.0. The van der Waals surface area contributed by atoms with Gasteiger partial charge in [-0.2, -0.15) is 5.26 Å². The standard InChI is InChI=1S/C18H11N3O7S/c1-8-12(7-19)16(29-14(8)18(24)27-2)20-15(22)11-6-9-5-10(21(25)26)3-4-13(9)28-17(11)23/h3-6H,1-2H3,(H,20,22). The Morgan fingerprint density at radius 1 is 1.34 bits per heavy atom. The van der Waals surface area contributed by atoms with Gasteiger partial charge in [0.05, 0.1) is 17.6 Å². The van der Waals surface area contributed by atoms with Crippen molar-refractivity contribution in [2.75, 3.05) is 12.4 Å². The molecule has 0 atom stereocenters. The van der Waals surface area contributed by atoms with Crippen LogP contribution in [0.25, 0.3) is 11.0 Å². The number of esters is 1. The number of nitrogens with one attached hydrogen (secondary N) is 1. The van der Waals surface area contributed by atoms with Crippen molar-refractivity contribution in [3.8, 4) is 6.07 Å². The molecular weight excluding hydrogens is 402 g/mol. The van der Waals surface area contributed by atoms with Crippen molar-refractivity contribution in [3.05, 3.63) is 66.4 Å². The number of nitro groups is 1. The van der Waals surface area contributed by atoms with Crippen molar-refractivity contribution in [1.82, 2.24) is 0 Å². The summed E-state index contributed by atoms with van der Waals surface area (Å²) in [6.07, 6.45) is 0. The molecule has 3 aromatic rings. The van der Waals surface area contributed by atoms with Crippen LogP contribution in [0.15, 0.2) is 33.5 Å². The summed E-state index contributed by atoms with van der Waals surface area (Å²) in [5, 5.41) is 22.9. The summed E-state index contributed by atoms with van der Waals surface area (Å²) in [6, 6.07) is 6.66. The fraction of sp³-hybridized carbons (Fsp3) is 0.111. The Labute approximate surface area is 166 Å². The Morgan fingerprint density at radius 3 is 2.69 bits per heavy atom. The van der Waals surface area contributed by atoms with E-state index in [1.54, 1.807) is 0 Å². The predicted molar refractivity (Wildman–Crippen MR) is 102 cm³/mol. The van der Waals surface area contributed by atoms with E-state index in [9.17, 15) is 29.8 Å². The highest BCUT2D eigenvalue weighted by molar-refractivity contribution is 7.18. The lowest BCUT2D eigenvalue weighted by atomic mass is 10.1. The number of hydrogen-bond donors (Lipinski definition) is 1. The second kappa shape index (κ2) is 7.53. The number of carbonyl (C=O) groups is 2. The number of benzene rings is 1. The average Bonchev–Trinajstić information content (AvgIpc) is 3.01. The van der Waals surface area contributed by atoms with Gasteiger partial charge in [-0.3, -0.25) is 14.9 Å². The number of hydrogen-bond acceptors (Lipinski definition) is 9. The number of fused-ring (bicyclic) bond motifs is 1. The van der Waals surface area contributed by atoms with Crippen LogP contribution in [0.3, 0.4) is 0 Å². The molecule has 0 bridgehead atoms. The molecule has 1 N–H and O–H groups in total. The van der Waals surface area contributed by atoms with Crippen LogP contribution < -0.4 is 10.9 Å². The fourth-order valence-corrected chi connectivity index (χ4v) is 3.65. The second-order valence-corrected chi connectivity index (χ2v) is 6.77. The molecule has 29 heavy (non-hydrogen) atoms. The maximum atomic E-state index is 12.6. The highest BCUT2D eigenvalue weighted by atomic mass is 32.1. The van der Waals surface area contributed by atoms with Gasteiger partial charge in [0.1, 0.15) is 27.1 Å². The molecule has 0 aliphatic rings. The molecule has 1 amide bonds. The minimum Gasteiger partial charge on any atom is -0.465 e. The van der Waals surface area contributed by atoms with Gasteiger partial charge in [0.15, 0.2) is 0 Å². The van der Waals surface area contributed by atoms with Gasteiger partial charge in [0.25, 0.3) is 11.6 Å². The van der Waals surface area contributed by atoms with Crippen LogP contribution in [0.5, 0.6) is 0 Å². The summed E-state index contributed by atoms with van der Waals surface area (Å²) >= 11 is 0.831. The first-order valence-electron chi connectivity index (χ1n) is 7.92. The molecule has 2 aromatic heterocycles. The molecule has 0 unspecified atom stereocenters. The number of rotatable bonds is 4. The summed E-state index contributed by atoms with van der Waals surface area (Å²) in [6.45, 7) is 1.53. The highest BCUT2D eigenvalue weighted by Gasteiger charge is 2.23. The Bertz CT molecular complexity index is 1280. The summed E-state index contributed by atoms with van der Waals surface area (Å²) in [5.41, 5.74) is -1.13. The van der Waals surface area contributed by atoms with E-state index < -0.39 is 28.0 Å². The molecule has 2 heterocycles. The van der Waals surface area contributed by atoms with Crippen LogP contribution in [0.1, 0.15) is 31.2 Å². The second-order valence-electron chi connectivity index (χ2n) is 5.74. The molecule has 0 fully saturated rings. The van der Waals surface area contributed by atoms with Crippen molar-refractivity contribution >= 4 is 44.9 Å². The van der Waals surface area contributed by atoms with Crippen LogP contribution in [0.2, 0.25) is 0 Å². The Morgan fingerprint density at radius 2 is 2.07 bits per heavy atom. The van der Waals surface area contributed by atoms with Crippen LogP contribution in [0, 0.1) is 28.4 Å². The topological polar surface area (TPSA) is 153 Å². The van der Waals surface area contributed by atoms with Crippen molar-refractivity contribution in [2.24, 2.45) is 0 Å². The number of methoxy groups -OCH3 is 1. The summed E-state index contributed by atoms with van der Waals surface area (Å²) < 4.78 is 9.70. The third-order valence-electron chi connectivity index (χ3n) is 4.03. The highest BCUT2D eigenvalue weighted by Crippen LogP contribution is 2.33. The lowest BCUT2D eigenvalue weighted by Crippen LogP contribution is -2.20. The zero-order valence-corrected chi connectivity index (χ0v) is 15.8. The van der Waals surface area contributed by atoms with E-state index in [1.807, 2.05) is 6.07 Å². The maximum Gasteiger partial charge on any atom is 0.349 e. The largest absolute Gasteiger partial charge is 0.465 e. The Kier molecular flexibility index (Phi) is 5.12. The van der Waals surface area contributed by atoms with Crippen LogP contribution in [-0.2, 0) is 4.74 Å². The number of nitriles is 1. The van der Waals surface area contributed by atoms with Gasteiger partial charge < -0.3 is 14.5 Å². The normalized spacial score (nSPS) is 10.4.